The highest BCUT2D eigenvalue weighted by atomic mass is 32.1. The predicted octanol–water partition coefficient (Wildman–Crippen LogP) is 2.71. The van der Waals surface area contributed by atoms with Crippen molar-refractivity contribution in [2.45, 2.75) is 25.7 Å². The van der Waals surface area contributed by atoms with Crippen LogP contribution in [0.25, 0.3) is 0 Å². The Balaban J connectivity index is 1.63. The molecule has 1 fully saturated rings. The average molecular weight is 389 g/mol. The van der Waals surface area contributed by atoms with Crippen LogP contribution in [0.1, 0.15) is 40.5 Å². The van der Waals surface area contributed by atoms with Gasteiger partial charge in [0.2, 0.25) is 5.01 Å². The lowest BCUT2D eigenvalue weighted by Crippen LogP contribution is -2.44. The minimum atomic E-state index is -0.291. The summed E-state index contributed by atoms with van der Waals surface area (Å²) in [7, 11) is 1.59. The third-order valence-corrected chi connectivity index (χ3v) is 5.45. The zero-order chi connectivity index (χ0) is 19.2. The van der Waals surface area contributed by atoms with Gasteiger partial charge in [-0.25, -0.2) is 4.79 Å². The van der Waals surface area contributed by atoms with Gasteiger partial charge in [0.05, 0.1) is 7.11 Å². The standard InChI is InChI=1S/C18H23N5O3S/c1-3-19-18(25)23-10-4-5-12(11-23)16-21-22-17(27-16)15(24)20-13-6-8-14(26-2)9-7-13/h6-9,12H,3-5,10-11H2,1-2H3,(H,19,25)(H,20,24). The van der Waals surface area contributed by atoms with Crippen LogP contribution in [-0.2, 0) is 0 Å². The number of methoxy groups -OCH3 is 1. The van der Waals surface area contributed by atoms with Crippen molar-refractivity contribution in [3.05, 3.63) is 34.3 Å². The Hall–Kier alpha value is -2.68. The molecule has 8 nitrogen and oxygen atoms in total. The van der Waals surface area contributed by atoms with Crippen molar-refractivity contribution in [3.8, 4) is 5.75 Å². The van der Waals surface area contributed by atoms with Crippen LogP contribution in [0.3, 0.4) is 0 Å². The van der Waals surface area contributed by atoms with Crippen molar-refractivity contribution in [1.82, 2.24) is 20.4 Å². The van der Waals surface area contributed by atoms with E-state index in [-0.39, 0.29) is 17.9 Å². The Morgan fingerprint density at radius 2 is 2.07 bits per heavy atom. The zero-order valence-electron chi connectivity index (χ0n) is 15.4. The van der Waals surface area contributed by atoms with Gasteiger partial charge in [0.25, 0.3) is 5.91 Å². The number of benzene rings is 1. The first-order valence-electron chi connectivity index (χ1n) is 8.92. The Morgan fingerprint density at radius 3 is 2.78 bits per heavy atom. The molecule has 1 aromatic heterocycles. The molecule has 1 atom stereocenters. The van der Waals surface area contributed by atoms with Crippen LogP contribution in [-0.4, -0.2) is 53.8 Å². The van der Waals surface area contributed by atoms with E-state index in [1.165, 1.54) is 11.3 Å². The zero-order valence-corrected chi connectivity index (χ0v) is 16.2. The quantitative estimate of drug-likeness (QED) is 0.820. The number of amides is 3. The van der Waals surface area contributed by atoms with Gasteiger partial charge in [-0.3, -0.25) is 4.79 Å². The number of hydrogen-bond acceptors (Lipinski definition) is 6. The molecule has 2 N–H and O–H groups in total. The Morgan fingerprint density at radius 1 is 1.30 bits per heavy atom. The molecule has 1 aromatic carbocycles. The van der Waals surface area contributed by atoms with Gasteiger partial charge >= 0.3 is 6.03 Å². The van der Waals surface area contributed by atoms with Gasteiger partial charge in [-0.1, -0.05) is 11.3 Å². The summed E-state index contributed by atoms with van der Waals surface area (Å²) in [5.41, 5.74) is 0.664. The minimum Gasteiger partial charge on any atom is -0.497 e. The minimum absolute atomic E-state index is 0.0517. The first-order valence-corrected chi connectivity index (χ1v) is 9.74. The van der Waals surface area contributed by atoms with E-state index in [9.17, 15) is 9.59 Å². The fourth-order valence-electron chi connectivity index (χ4n) is 2.98. The highest BCUT2D eigenvalue weighted by Gasteiger charge is 2.27. The van der Waals surface area contributed by atoms with Crippen molar-refractivity contribution in [1.29, 1.82) is 0 Å². The van der Waals surface area contributed by atoms with E-state index in [1.807, 2.05) is 6.92 Å². The number of nitrogens with one attached hydrogen (secondary N) is 2. The lowest BCUT2D eigenvalue weighted by Gasteiger charge is -2.31. The van der Waals surface area contributed by atoms with E-state index < -0.39 is 0 Å². The van der Waals surface area contributed by atoms with Crippen molar-refractivity contribution in [2.24, 2.45) is 0 Å². The van der Waals surface area contributed by atoms with Crippen LogP contribution in [0.15, 0.2) is 24.3 Å². The van der Waals surface area contributed by atoms with Gasteiger partial charge in [0.1, 0.15) is 10.8 Å². The molecule has 2 aromatic rings. The van der Waals surface area contributed by atoms with Gasteiger partial charge in [-0.15, -0.1) is 10.2 Å². The molecule has 0 radical (unpaired) electrons. The largest absolute Gasteiger partial charge is 0.497 e. The second kappa shape index (κ2) is 8.81. The molecule has 1 aliphatic heterocycles. The summed E-state index contributed by atoms with van der Waals surface area (Å²) in [5, 5.41) is 15.0. The van der Waals surface area contributed by atoms with E-state index >= 15 is 0 Å². The third kappa shape index (κ3) is 4.73. The molecule has 27 heavy (non-hydrogen) atoms. The number of urea groups is 1. The molecule has 2 heterocycles. The summed E-state index contributed by atoms with van der Waals surface area (Å²) >= 11 is 1.28. The molecule has 9 heteroatoms. The molecule has 3 amide bonds. The van der Waals surface area contributed by atoms with Gasteiger partial charge in [0, 0.05) is 31.2 Å². The topological polar surface area (TPSA) is 96.5 Å². The van der Waals surface area contributed by atoms with Gasteiger partial charge in [0.15, 0.2) is 0 Å². The smallest absolute Gasteiger partial charge is 0.317 e. The van der Waals surface area contributed by atoms with Crippen molar-refractivity contribution < 1.29 is 14.3 Å². The number of aromatic nitrogens is 2. The number of nitrogens with zero attached hydrogens (tertiary/aromatic N) is 3. The second-order valence-corrected chi connectivity index (χ2v) is 7.26. The van der Waals surface area contributed by atoms with Crippen molar-refractivity contribution >= 4 is 29.0 Å². The number of anilines is 1. The highest BCUT2D eigenvalue weighted by molar-refractivity contribution is 7.13. The van der Waals surface area contributed by atoms with Crippen molar-refractivity contribution in [3.63, 3.8) is 0 Å². The molecule has 1 aliphatic rings. The lowest BCUT2D eigenvalue weighted by molar-refractivity contribution is 0.102. The van der Waals surface area contributed by atoms with E-state index in [0.717, 1.165) is 30.1 Å². The number of piperidine rings is 1. The number of ether oxygens (including phenoxy) is 1. The maximum absolute atomic E-state index is 12.4. The molecule has 1 saturated heterocycles. The molecule has 1 unspecified atom stereocenters. The van der Waals surface area contributed by atoms with Crippen LogP contribution in [0.2, 0.25) is 0 Å². The van der Waals surface area contributed by atoms with E-state index in [4.69, 9.17) is 4.74 Å². The van der Waals surface area contributed by atoms with E-state index in [0.29, 0.717) is 23.8 Å². The molecule has 0 saturated carbocycles. The Bertz CT molecular complexity index is 793. The van der Waals surface area contributed by atoms with Gasteiger partial charge in [-0.05, 0) is 44.0 Å². The summed E-state index contributed by atoms with van der Waals surface area (Å²) in [6.45, 7) is 3.85. The van der Waals surface area contributed by atoms with E-state index in [1.54, 1.807) is 36.3 Å². The van der Waals surface area contributed by atoms with Crippen molar-refractivity contribution in [2.75, 3.05) is 32.1 Å². The third-order valence-electron chi connectivity index (χ3n) is 4.37. The second-order valence-electron chi connectivity index (χ2n) is 6.25. The van der Waals surface area contributed by atoms with Crippen LogP contribution in [0.4, 0.5) is 10.5 Å². The monoisotopic (exact) mass is 389 g/mol. The summed E-state index contributed by atoms with van der Waals surface area (Å²) in [6, 6.07) is 7.04. The van der Waals surface area contributed by atoms with Crippen LogP contribution in [0.5, 0.6) is 5.75 Å². The molecular weight excluding hydrogens is 366 g/mol. The summed E-state index contributed by atoms with van der Waals surface area (Å²) in [4.78, 5) is 26.3. The molecule has 144 valence electrons. The molecule has 0 aliphatic carbocycles. The first-order chi connectivity index (χ1) is 13.1. The number of carbonyl (C=O) groups is 2. The number of hydrogen-bond donors (Lipinski definition) is 2. The number of carbonyl (C=O) groups excluding carboxylic acids is 2. The molecular formula is C18H23N5O3S. The van der Waals surface area contributed by atoms with Gasteiger partial charge < -0.3 is 20.3 Å². The van der Waals surface area contributed by atoms with Crippen LogP contribution >= 0.6 is 11.3 Å². The molecule has 0 bridgehead atoms. The normalized spacial score (nSPS) is 16.7. The SMILES string of the molecule is CCNC(=O)N1CCCC(c2nnc(C(=O)Nc3ccc(OC)cc3)s2)C1. The fraction of sp³-hybridized carbons (Fsp3) is 0.444. The molecule has 0 spiro atoms. The van der Waals surface area contributed by atoms with Crippen LogP contribution < -0.4 is 15.4 Å². The Labute approximate surface area is 161 Å². The molecule has 3 rings (SSSR count). The lowest BCUT2D eigenvalue weighted by atomic mass is 9.99. The summed E-state index contributed by atoms with van der Waals surface area (Å²) in [6.07, 6.45) is 1.85. The summed E-state index contributed by atoms with van der Waals surface area (Å²) in [5.74, 6) is 0.543. The maximum Gasteiger partial charge on any atom is 0.317 e. The maximum atomic E-state index is 12.4. The van der Waals surface area contributed by atoms with Gasteiger partial charge in [-0.2, -0.15) is 0 Å². The highest BCUT2D eigenvalue weighted by Crippen LogP contribution is 2.29. The number of likely N-dealkylation sites (tertiary alicyclic amines) is 1. The summed E-state index contributed by atoms with van der Waals surface area (Å²) < 4.78 is 5.10. The first kappa shape index (κ1) is 19.1. The number of rotatable bonds is 5. The predicted molar refractivity (Wildman–Crippen MR) is 103 cm³/mol. The fourth-order valence-corrected chi connectivity index (χ4v) is 3.84. The average Bonchev–Trinajstić information content (AvgIpc) is 3.19. The Kier molecular flexibility index (Phi) is 6.23. The van der Waals surface area contributed by atoms with Crippen LogP contribution in [0, 0.1) is 0 Å². The van der Waals surface area contributed by atoms with E-state index in [2.05, 4.69) is 20.8 Å².